The van der Waals surface area contributed by atoms with E-state index in [0.29, 0.717) is 28.3 Å². The van der Waals surface area contributed by atoms with Gasteiger partial charge in [-0.3, -0.25) is 20.2 Å². The molecule has 0 fully saturated rings. The quantitative estimate of drug-likeness (QED) is 0.721. The number of aromatic nitrogens is 2. The van der Waals surface area contributed by atoms with Crippen molar-refractivity contribution in [2.45, 2.75) is 13.0 Å². The minimum atomic E-state index is -0.241. The lowest BCUT2D eigenvalue weighted by molar-refractivity contribution is 0.0119. The number of rotatable bonds is 3. The summed E-state index contributed by atoms with van der Waals surface area (Å²) in [6.07, 6.45) is 3.85. The molecule has 4 rings (SSSR count). The van der Waals surface area contributed by atoms with Gasteiger partial charge in [-0.25, -0.2) is 4.98 Å². The number of hydrazine groups is 2. The summed E-state index contributed by atoms with van der Waals surface area (Å²) in [5, 5.41) is 4.26. The summed E-state index contributed by atoms with van der Waals surface area (Å²) in [6, 6.07) is 14.5. The number of hydrogen-bond donors (Lipinski definition) is 1. The van der Waals surface area contributed by atoms with Crippen LogP contribution < -0.4 is 11.4 Å². The normalized spacial score (nSPS) is 15.7. The summed E-state index contributed by atoms with van der Waals surface area (Å²) in [7, 11) is 0. The molecule has 2 heterocycles. The molecule has 0 saturated heterocycles. The van der Waals surface area contributed by atoms with Crippen LogP contribution in [0.1, 0.15) is 18.8 Å². The van der Waals surface area contributed by atoms with Crippen LogP contribution in [0.15, 0.2) is 65.6 Å². The first-order chi connectivity index (χ1) is 12.6. The molecule has 1 aliphatic heterocycles. The van der Waals surface area contributed by atoms with Crippen molar-refractivity contribution in [1.29, 1.82) is 0 Å². The highest BCUT2D eigenvalue weighted by atomic mass is 35.5. The van der Waals surface area contributed by atoms with Gasteiger partial charge < -0.3 is 0 Å². The molecular weight excluding hydrogens is 350 g/mol. The summed E-state index contributed by atoms with van der Waals surface area (Å²) in [5.41, 5.74) is 1.11. The Hall–Kier alpha value is -2.67. The van der Waals surface area contributed by atoms with Gasteiger partial charge in [-0.15, -0.1) is 0 Å². The van der Waals surface area contributed by atoms with E-state index in [4.69, 9.17) is 22.4 Å². The number of hydrogen-bond acceptors (Lipinski definition) is 5. The van der Waals surface area contributed by atoms with E-state index in [0.717, 1.165) is 5.69 Å². The third-order valence-corrected chi connectivity index (χ3v) is 4.82. The van der Waals surface area contributed by atoms with Gasteiger partial charge in [0, 0.05) is 6.20 Å². The second-order valence-electron chi connectivity index (χ2n) is 6.14. The largest absolute Gasteiger partial charge is 0.290 e. The molecule has 3 aromatic rings. The number of halogens is 1. The van der Waals surface area contributed by atoms with E-state index in [1.165, 1.54) is 0 Å². The Kier molecular flexibility index (Phi) is 4.24. The fourth-order valence-electron chi connectivity index (χ4n) is 3.23. The number of para-hydroxylation sites is 1. The molecule has 2 N–H and O–H groups in total. The van der Waals surface area contributed by atoms with E-state index < -0.39 is 0 Å². The Labute approximate surface area is 155 Å². The Bertz CT molecular complexity index is 1050. The van der Waals surface area contributed by atoms with E-state index in [1.807, 2.05) is 54.5 Å². The molecule has 6 nitrogen and oxygen atoms in total. The average molecular weight is 368 g/mol. The van der Waals surface area contributed by atoms with E-state index in [1.54, 1.807) is 27.9 Å². The highest BCUT2D eigenvalue weighted by Crippen LogP contribution is 2.26. The fourth-order valence-corrected chi connectivity index (χ4v) is 3.48. The van der Waals surface area contributed by atoms with E-state index in [9.17, 15) is 4.79 Å². The van der Waals surface area contributed by atoms with Crippen LogP contribution in [0.5, 0.6) is 0 Å². The molecule has 0 aliphatic carbocycles. The summed E-state index contributed by atoms with van der Waals surface area (Å²) in [4.78, 5) is 18.1. The van der Waals surface area contributed by atoms with Crippen molar-refractivity contribution in [3.63, 3.8) is 0 Å². The van der Waals surface area contributed by atoms with Crippen LogP contribution in [0.2, 0.25) is 5.02 Å². The second kappa shape index (κ2) is 6.57. The topological polar surface area (TPSA) is 67.4 Å². The maximum absolute atomic E-state index is 13.3. The van der Waals surface area contributed by atoms with Crippen molar-refractivity contribution in [3.05, 3.63) is 82.0 Å². The summed E-state index contributed by atoms with van der Waals surface area (Å²) in [6.45, 7) is 2.58. The van der Waals surface area contributed by atoms with E-state index in [-0.39, 0.29) is 11.6 Å². The SMILES string of the molecule is C[C@@H](c1nc2cccc(Cl)c2c(=O)n1-c1ccccc1)N1C=CCN1N. The molecule has 0 spiro atoms. The standard InChI is InChI=1S/C19H18ClN5O/c1-13(23-11-6-12-24(23)21)18-22-16-10-5-9-15(20)17(16)19(26)25(18)14-7-3-2-4-8-14/h2-11,13H,12,21H2,1H3/t13-/m0/s1. The van der Waals surface area contributed by atoms with Crippen LogP contribution in [0.3, 0.4) is 0 Å². The van der Waals surface area contributed by atoms with Gasteiger partial charge in [-0.2, -0.15) is 5.12 Å². The molecule has 26 heavy (non-hydrogen) atoms. The first kappa shape index (κ1) is 16.8. The number of fused-ring (bicyclic) bond motifs is 1. The predicted molar refractivity (Wildman–Crippen MR) is 103 cm³/mol. The van der Waals surface area contributed by atoms with Gasteiger partial charge in [0.1, 0.15) is 11.9 Å². The van der Waals surface area contributed by atoms with Crippen molar-refractivity contribution >= 4 is 22.5 Å². The second-order valence-corrected chi connectivity index (χ2v) is 6.55. The monoisotopic (exact) mass is 367 g/mol. The summed E-state index contributed by atoms with van der Waals surface area (Å²) < 4.78 is 1.61. The molecule has 132 valence electrons. The van der Waals surface area contributed by atoms with Gasteiger partial charge in [-0.05, 0) is 37.3 Å². The molecule has 0 amide bonds. The molecule has 0 bridgehead atoms. The molecule has 1 atom stereocenters. The van der Waals surface area contributed by atoms with Crippen LogP contribution in [0, 0.1) is 0 Å². The average Bonchev–Trinajstić information content (AvgIpc) is 3.07. The zero-order chi connectivity index (χ0) is 18.3. The van der Waals surface area contributed by atoms with Gasteiger partial charge in [0.2, 0.25) is 0 Å². The molecule has 0 radical (unpaired) electrons. The van der Waals surface area contributed by atoms with Gasteiger partial charge >= 0.3 is 0 Å². The zero-order valence-corrected chi connectivity index (χ0v) is 15.0. The lowest BCUT2D eigenvalue weighted by Gasteiger charge is -2.31. The summed E-state index contributed by atoms with van der Waals surface area (Å²) in [5.74, 6) is 6.64. The Morgan fingerprint density at radius 3 is 2.62 bits per heavy atom. The zero-order valence-electron chi connectivity index (χ0n) is 14.2. The Morgan fingerprint density at radius 1 is 1.15 bits per heavy atom. The molecule has 0 saturated carbocycles. The van der Waals surface area contributed by atoms with Crippen molar-refractivity contribution in [2.24, 2.45) is 5.84 Å². The summed E-state index contributed by atoms with van der Waals surface area (Å²) >= 11 is 6.30. The molecular formula is C19H18ClN5O. The van der Waals surface area contributed by atoms with Crippen LogP contribution in [0.25, 0.3) is 16.6 Å². The maximum atomic E-state index is 13.3. The number of benzene rings is 2. The van der Waals surface area contributed by atoms with Crippen molar-refractivity contribution in [1.82, 2.24) is 19.7 Å². The Morgan fingerprint density at radius 2 is 1.92 bits per heavy atom. The maximum Gasteiger partial charge on any atom is 0.267 e. The van der Waals surface area contributed by atoms with Gasteiger partial charge in [0.15, 0.2) is 0 Å². The van der Waals surface area contributed by atoms with Crippen molar-refractivity contribution in [2.75, 3.05) is 6.54 Å². The van der Waals surface area contributed by atoms with Crippen molar-refractivity contribution < 1.29 is 0 Å². The highest BCUT2D eigenvalue weighted by molar-refractivity contribution is 6.35. The van der Waals surface area contributed by atoms with Crippen LogP contribution in [0.4, 0.5) is 0 Å². The van der Waals surface area contributed by atoms with Gasteiger partial charge in [-0.1, -0.05) is 35.9 Å². The predicted octanol–water partition coefficient (Wildman–Crippen LogP) is 3.02. The lowest BCUT2D eigenvalue weighted by Crippen LogP contribution is -2.43. The van der Waals surface area contributed by atoms with Crippen LogP contribution in [-0.2, 0) is 0 Å². The molecule has 2 aromatic carbocycles. The third-order valence-electron chi connectivity index (χ3n) is 4.50. The first-order valence-corrected chi connectivity index (χ1v) is 8.69. The lowest BCUT2D eigenvalue weighted by atomic mass is 10.2. The number of nitrogens with zero attached hydrogens (tertiary/aromatic N) is 4. The van der Waals surface area contributed by atoms with E-state index >= 15 is 0 Å². The molecule has 0 unspecified atom stereocenters. The molecule has 1 aliphatic rings. The Balaban J connectivity index is 2.02. The molecule has 1 aromatic heterocycles. The number of nitrogens with two attached hydrogens (primary N) is 1. The van der Waals surface area contributed by atoms with Gasteiger partial charge in [0.25, 0.3) is 5.56 Å². The first-order valence-electron chi connectivity index (χ1n) is 8.31. The minimum Gasteiger partial charge on any atom is -0.290 e. The van der Waals surface area contributed by atoms with Crippen molar-refractivity contribution in [3.8, 4) is 5.69 Å². The highest BCUT2D eigenvalue weighted by Gasteiger charge is 2.26. The minimum absolute atomic E-state index is 0.194. The smallest absolute Gasteiger partial charge is 0.267 e. The van der Waals surface area contributed by atoms with Crippen LogP contribution >= 0.6 is 11.6 Å². The van der Waals surface area contributed by atoms with Crippen LogP contribution in [-0.4, -0.2) is 26.2 Å². The third kappa shape index (κ3) is 2.68. The fraction of sp³-hybridized carbons (Fsp3) is 0.158. The molecule has 7 heteroatoms. The van der Waals surface area contributed by atoms with Gasteiger partial charge in [0.05, 0.1) is 28.2 Å². The van der Waals surface area contributed by atoms with E-state index in [2.05, 4.69) is 0 Å².